The number of aliphatic hydroxyl groups is 1. The fraction of sp³-hybridized carbons (Fsp3) is 0.462. The van der Waals surface area contributed by atoms with Crippen LogP contribution in [0.1, 0.15) is 87.9 Å². The van der Waals surface area contributed by atoms with E-state index in [1.807, 2.05) is 6.92 Å². The van der Waals surface area contributed by atoms with E-state index >= 15 is 0 Å². The average molecular weight is 562 g/mol. The van der Waals surface area contributed by atoms with Gasteiger partial charge in [0.2, 0.25) is 0 Å². The average Bonchev–Trinajstić information content (AvgIpc) is 3.44. The molecule has 1 N–H and O–H groups in total. The lowest BCUT2D eigenvalue weighted by Gasteiger charge is -2.63. The van der Waals surface area contributed by atoms with Crippen molar-refractivity contribution >= 4 is 5.78 Å². The molecule has 4 aliphatic rings. The third-order valence-corrected chi connectivity index (χ3v) is 12.0. The molecule has 2 aromatic carbocycles. The Morgan fingerprint density at radius 2 is 1.69 bits per heavy atom. The number of allylic oxidation sites excluding steroid dienone is 6. The Balaban J connectivity index is 1.48. The first-order chi connectivity index (χ1) is 19.7. The maximum Gasteiger partial charge on any atom is 0.190 e. The molecule has 1 unspecified atom stereocenters. The van der Waals surface area contributed by atoms with Crippen molar-refractivity contribution in [2.75, 3.05) is 13.1 Å². The second kappa shape index (κ2) is 9.67. The maximum atomic E-state index is 14.7. The van der Waals surface area contributed by atoms with Gasteiger partial charge in [0.15, 0.2) is 5.78 Å². The Morgan fingerprint density at radius 1 is 1.05 bits per heavy atom. The molecule has 42 heavy (non-hydrogen) atoms. The number of ketones is 1. The third kappa shape index (κ3) is 3.85. The summed E-state index contributed by atoms with van der Waals surface area (Å²) in [6, 6.07) is 13.4. The van der Waals surface area contributed by atoms with E-state index in [9.17, 15) is 9.90 Å². The fourth-order valence-corrected chi connectivity index (χ4v) is 9.40. The molecule has 0 bridgehead atoms. The zero-order chi connectivity index (χ0) is 30.4. The van der Waals surface area contributed by atoms with Crippen molar-refractivity contribution in [1.29, 1.82) is 0 Å². The minimum Gasteiger partial charge on any atom is -0.511 e. The molecule has 4 atom stereocenters. The SMILES string of the molecule is C=C(C)C1=C(O)C(C)[C@]2(C)C[C@]3(C)Cc4c(-c5ccc(CN6CCCC6)cc5)ccc(C)c4C(=O)C3=C(C)[C@]2(C)C1=C. The maximum absolute atomic E-state index is 14.7. The van der Waals surface area contributed by atoms with Gasteiger partial charge in [0.05, 0.1) is 0 Å². The summed E-state index contributed by atoms with van der Waals surface area (Å²) in [4.78, 5) is 17.3. The van der Waals surface area contributed by atoms with Crippen LogP contribution < -0.4 is 0 Å². The molecule has 0 amide bonds. The fourth-order valence-electron chi connectivity index (χ4n) is 9.40. The van der Waals surface area contributed by atoms with Gasteiger partial charge < -0.3 is 5.11 Å². The smallest absolute Gasteiger partial charge is 0.190 e. The van der Waals surface area contributed by atoms with E-state index in [-0.39, 0.29) is 22.5 Å². The first-order valence-corrected chi connectivity index (χ1v) is 15.7. The highest BCUT2D eigenvalue weighted by Crippen LogP contribution is 2.70. The van der Waals surface area contributed by atoms with Gasteiger partial charge in [-0.1, -0.05) is 82.8 Å². The summed E-state index contributed by atoms with van der Waals surface area (Å²) in [5, 5.41) is 11.5. The molecule has 3 heteroatoms. The molecule has 220 valence electrons. The Labute approximate surface area is 252 Å². The van der Waals surface area contributed by atoms with Crippen LogP contribution in [0.5, 0.6) is 0 Å². The van der Waals surface area contributed by atoms with Crippen LogP contribution in [0.25, 0.3) is 11.1 Å². The van der Waals surface area contributed by atoms with Gasteiger partial charge in [0.25, 0.3) is 0 Å². The minimum absolute atomic E-state index is 0.0929. The molecule has 3 aliphatic carbocycles. The predicted octanol–water partition coefficient (Wildman–Crippen LogP) is 9.33. The van der Waals surface area contributed by atoms with Crippen LogP contribution in [-0.4, -0.2) is 28.9 Å². The van der Waals surface area contributed by atoms with Crippen molar-refractivity contribution < 1.29 is 9.90 Å². The number of carbonyl (C=O) groups excluding carboxylic acids is 1. The highest BCUT2D eigenvalue weighted by atomic mass is 16.3. The molecule has 1 aliphatic heterocycles. The molecule has 3 nitrogen and oxygen atoms in total. The van der Waals surface area contributed by atoms with E-state index in [1.165, 1.54) is 48.2 Å². The number of hydrogen-bond donors (Lipinski definition) is 1. The Bertz CT molecular complexity index is 1600. The van der Waals surface area contributed by atoms with Gasteiger partial charge in [0.1, 0.15) is 5.76 Å². The summed E-state index contributed by atoms with van der Waals surface area (Å²) in [5.74, 6) is 0.464. The lowest BCUT2D eigenvalue weighted by Crippen LogP contribution is -2.56. The second-order valence-electron chi connectivity index (χ2n) is 14.5. The standard InChI is InChI=1S/C39H47NO2/c1-23(2)32-25(4)39(9)26(5)34-36(42)33-24(3)12-17-30(29-15-13-28(14-16-29)21-40-18-10-11-19-40)31(33)20-37(34,7)22-38(39,8)27(6)35(32)41/h12-17,27,41H,1,4,10-11,18-22H2,2-3,5-9H3/t27?,37-,38-,39-/m0/s1. The number of aryl methyl sites for hydroxylation is 1. The van der Waals surface area contributed by atoms with E-state index in [0.717, 1.165) is 58.4 Å². The number of hydrogen-bond acceptors (Lipinski definition) is 3. The van der Waals surface area contributed by atoms with E-state index in [1.54, 1.807) is 0 Å². The summed E-state index contributed by atoms with van der Waals surface area (Å²) in [5.41, 5.74) is 10.2. The summed E-state index contributed by atoms with van der Waals surface area (Å²) in [6.45, 7) is 27.3. The van der Waals surface area contributed by atoms with Crippen LogP contribution in [0.3, 0.4) is 0 Å². The number of Topliss-reactive ketones (excluding diaryl/α,β-unsaturated/α-hetero) is 1. The number of benzene rings is 2. The number of carbonyl (C=O) groups is 1. The molecule has 0 aromatic heterocycles. The monoisotopic (exact) mass is 561 g/mol. The highest BCUT2D eigenvalue weighted by Gasteiger charge is 2.63. The zero-order valence-electron chi connectivity index (χ0n) is 26.7. The van der Waals surface area contributed by atoms with Crippen LogP contribution in [0.4, 0.5) is 0 Å². The molecule has 1 saturated heterocycles. The summed E-state index contributed by atoms with van der Waals surface area (Å²) >= 11 is 0. The largest absolute Gasteiger partial charge is 0.511 e. The summed E-state index contributed by atoms with van der Waals surface area (Å²) < 4.78 is 0. The number of fused-ring (bicyclic) bond motifs is 3. The van der Waals surface area contributed by atoms with Crippen molar-refractivity contribution in [2.24, 2.45) is 22.2 Å². The number of rotatable bonds is 4. The van der Waals surface area contributed by atoms with Crippen molar-refractivity contribution in [3.63, 3.8) is 0 Å². The van der Waals surface area contributed by atoms with Gasteiger partial charge >= 0.3 is 0 Å². The normalized spacial score (nSPS) is 31.3. The van der Waals surface area contributed by atoms with Crippen LogP contribution in [0, 0.1) is 29.1 Å². The van der Waals surface area contributed by atoms with Crippen LogP contribution in [0.15, 0.2) is 83.2 Å². The lowest BCUT2D eigenvalue weighted by molar-refractivity contribution is -0.00564. The molecule has 2 aromatic rings. The van der Waals surface area contributed by atoms with Crippen LogP contribution >= 0.6 is 0 Å². The molecule has 0 saturated carbocycles. The van der Waals surface area contributed by atoms with Gasteiger partial charge in [-0.25, -0.2) is 0 Å². The van der Waals surface area contributed by atoms with Crippen molar-refractivity contribution in [2.45, 2.75) is 80.7 Å². The number of aliphatic hydroxyl groups excluding tert-OH is 1. The predicted molar refractivity (Wildman–Crippen MR) is 174 cm³/mol. The van der Waals surface area contributed by atoms with E-state index in [4.69, 9.17) is 0 Å². The van der Waals surface area contributed by atoms with Gasteiger partial charge in [-0.3, -0.25) is 9.69 Å². The first kappa shape index (κ1) is 28.9. The Hall–Kier alpha value is -3.17. The molecular weight excluding hydrogens is 514 g/mol. The van der Waals surface area contributed by atoms with Gasteiger partial charge in [0, 0.05) is 40.0 Å². The third-order valence-electron chi connectivity index (χ3n) is 12.0. The second-order valence-corrected chi connectivity index (χ2v) is 14.5. The quantitative estimate of drug-likeness (QED) is 0.404. The van der Waals surface area contributed by atoms with Crippen LogP contribution in [0.2, 0.25) is 0 Å². The van der Waals surface area contributed by atoms with E-state index in [0.29, 0.717) is 5.76 Å². The molecule has 1 heterocycles. The van der Waals surface area contributed by atoms with E-state index < -0.39 is 5.41 Å². The molecule has 1 fully saturated rings. The van der Waals surface area contributed by atoms with Crippen molar-refractivity contribution in [1.82, 2.24) is 4.90 Å². The molecular formula is C39H47NO2. The topological polar surface area (TPSA) is 40.5 Å². The summed E-state index contributed by atoms with van der Waals surface area (Å²) in [6.07, 6.45) is 4.19. The lowest BCUT2D eigenvalue weighted by atomic mass is 9.40. The molecule has 0 radical (unpaired) electrons. The molecule has 0 spiro atoms. The number of nitrogens with zero attached hydrogens (tertiary/aromatic N) is 1. The summed E-state index contributed by atoms with van der Waals surface area (Å²) in [7, 11) is 0. The van der Waals surface area contributed by atoms with Crippen molar-refractivity contribution in [3.8, 4) is 11.1 Å². The molecule has 6 rings (SSSR count). The Kier molecular flexibility index (Phi) is 6.66. The Morgan fingerprint density at radius 3 is 2.31 bits per heavy atom. The first-order valence-electron chi connectivity index (χ1n) is 15.7. The van der Waals surface area contributed by atoms with Crippen molar-refractivity contribution in [3.05, 3.63) is 105 Å². The van der Waals surface area contributed by atoms with Gasteiger partial charge in [-0.05, 0) is 104 Å². The van der Waals surface area contributed by atoms with Crippen LogP contribution in [-0.2, 0) is 13.0 Å². The zero-order valence-corrected chi connectivity index (χ0v) is 26.7. The van der Waals surface area contributed by atoms with E-state index in [2.05, 4.69) is 96.0 Å². The number of likely N-dealkylation sites (tertiary alicyclic amines) is 1. The van der Waals surface area contributed by atoms with Gasteiger partial charge in [-0.15, -0.1) is 0 Å². The van der Waals surface area contributed by atoms with Gasteiger partial charge in [-0.2, -0.15) is 0 Å². The minimum atomic E-state index is -0.467. The highest BCUT2D eigenvalue weighted by molar-refractivity contribution is 6.14.